The van der Waals surface area contributed by atoms with E-state index in [1.165, 1.54) is 0 Å². The first-order chi connectivity index (χ1) is 7.56. The Morgan fingerprint density at radius 3 is 2.56 bits per heavy atom. The van der Waals surface area contributed by atoms with E-state index in [2.05, 4.69) is 22.0 Å². The van der Waals surface area contributed by atoms with Crippen molar-refractivity contribution in [3.63, 3.8) is 0 Å². The number of ketones is 1. The number of rotatable bonds is 4. The van der Waals surface area contributed by atoms with Crippen molar-refractivity contribution in [1.29, 1.82) is 5.26 Å². The highest BCUT2D eigenvalue weighted by molar-refractivity contribution is 9.10. The predicted molar refractivity (Wildman–Crippen MR) is 67.0 cm³/mol. The maximum Gasteiger partial charge on any atom is 0.154 e. The van der Waals surface area contributed by atoms with Gasteiger partial charge in [-0.3, -0.25) is 4.79 Å². The molecule has 3 heteroatoms. The van der Waals surface area contributed by atoms with Crippen LogP contribution in [0.5, 0.6) is 0 Å². The van der Waals surface area contributed by atoms with E-state index >= 15 is 0 Å². The summed E-state index contributed by atoms with van der Waals surface area (Å²) in [6.45, 7) is 3.96. The second-order valence-corrected chi connectivity index (χ2v) is 5.00. The van der Waals surface area contributed by atoms with Crippen LogP contribution in [0.25, 0.3) is 0 Å². The quantitative estimate of drug-likeness (QED) is 0.844. The van der Waals surface area contributed by atoms with Crippen LogP contribution in [0.15, 0.2) is 28.7 Å². The molecule has 1 aromatic rings. The first-order valence-corrected chi connectivity index (χ1v) is 6.02. The molecule has 0 N–H and O–H groups in total. The van der Waals surface area contributed by atoms with Gasteiger partial charge in [-0.05, 0) is 17.5 Å². The molecule has 0 aliphatic rings. The standard InChI is InChI=1S/C13H14BrNO/c1-9(2)7-13(16)11(8-15)10-5-3-4-6-12(10)14/h3-6,9,11H,7H2,1-2H3. The molecule has 0 radical (unpaired) electrons. The average molecular weight is 280 g/mol. The molecular formula is C13H14BrNO. The molecule has 0 heterocycles. The Hall–Kier alpha value is -1.14. The lowest BCUT2D eigenvalue weighted by Crippen LogP contribution is -2.13. The lowest BCUT2D eigenvalue weighted by atomic mass is 9.91. The zero-order chi connectivity index (χ0) is 12.1. The Morgan fingerprint density at radius 1 is 1.44 bits per heavy atom. The van der Waals surface area contributed by atoms with Gasteiger partial charge in [0.15, 0.2) is 5.78 Å². The van der Waals surface area contributed by atoms with Gasteiger partial charge in [-0.2, -0.15) is 5.26 Å². The van der Waals surface area contributed by atoms with Gasteiger partial charge in [-0.15, -0.1) is 0 Å². The summed E-state index contributed by atoms with van der Waals surface area (Å²) in [7, 11) is 0. The highest BCUT2D eigenvalue weighted by atomic mass is 79.9. The maximum absolute atomic E-state index is 11.9. The summed E-state index contributed by atoms with van der Waals surface area (Å²) in [5.41, 5.74) is 0.760. The third-order valence-electron chi connectivity index (χ3n) is 2.28. The smallest absolute Gasteiger partial charge is 0.154 e. The summed E-state index contributed by atoms with van der Waals surface area (Å²) in [4.78, 5) is 11.9. The number of benzene rings is 1. The van der Waals surface area contributed by atoms with Gasteiger partial charge in [-0.25, -0.2) is 0 Å². The Kier molecular flexibility index (Phi) is 4.70. The van der Waals surface area contributed by atoms with Crippen molar-refractivity contribution < 1.29 is 4.79 Å². The van der Waals surface area contributed by atoms with E-state index in [9.17, 15) is 4.79 Å². The van der Waals surface area contributed by atoms with Crippen LogP contribution >= 0.6 is 15.9 Å². The first kappa shape index (κ1) is 12.9. The molecule has 0 bridgehead atoms. The SMILES string of the molecule is CC(C)CC(=O)C(C#N)c1ccccc1Br. The van der Waals surface area contributed by atoms with Gasteiger partial charge in [0.2, 0.25) is 0 Å². The van der Waals surface area contributed by atoms with Gasteiger partial charge >= 0.3 is 0 Å². The Morgan fingerprint density at radius 2 is 2.06 bits per heavy atom. The molecule has 0 amide bonds. The minimum atomic E-state index is -0.655. The summed E-state index contributed by atoms with van der Waals surface area (Å²) in [6, 6.07) is 9.46. The van der Waals surface area contributed by atoms with E-state index in [1.807, 2.05) is 38.1 Å². The molecule has 84 valence electrons. The van der Waals surface area contributed by atoms with E-state index in [0.29, 0.717) is 6.42 Å². The Labute approximate surface area is 104 Å². The molecule has 1 rings (SSSR count). The second-order valence-electron chi connectivity index (χ2n) is 4.15. The molecule has 0 saturated carbocycles. The fourth-order valence-electron chi connectivity index (χ4n) is 1.54. The fraction of sp³-hybridized carbons (Fsp3) is 0.385. The zero-order valence-electron chi connectivity index (χ0n) is 9.40. The van der Waals surface area contributed by atoms with Crippen molar-refractivity contribution in [3.05, 3.63) is 34.3 Å². The van der Waals surface area contributed by atoms with Gasteiger partial charge in [0, 0.05) is 10.9 Å². The third-order valence-corrected chi connectivity index (χ3v) is 3.00. The molecule has 0 spiro atoms. The number of halogens is 1. The number of nitrogens with zero attached hydrogens (tertiary/aromatic N) is 1. The Balaban J connectivity index is 2.96. The van der Waals surface area contributed by atoms with Crippen molar-refractivity contribution in [2.75, 3.05) is 0 Å². The van der Waals surface area contributed by atoms with Crippen LogP contribution < -0.4 is 0 Å². The molecule has 2 nitrogen and oxygen atoms in total. The van der Waals surface area contributed by atoms with E-state index in [4.69, 9.17) is 5.26 Å². The molecule has 0 fully saturated rings. The number of carbonyl (C=O) groups excluding carboxylic acids is 1. The zero-order valence-corrected chi connectivity index (χ0v) is 11.0. The average Bonchev–Trinajstić information content (AvgIpc) is 2.20. The minimum Gasteiger partial charge on any atom is -0.298 e. The van der Waals surface area contributed by atoms with Crippen LogP contribution in [0.4, 0.5) is 0 Å². The van der Waals surface area contributed by atoms with E-state index in [1.54, 1.807) is 0 Å². The number of Topliss-reactive ketones (excluding diaryl/α,β-unsaturated/α-hetero) is 1. The van der Waals surface area contributed by atoms with Crippen molar-refractivity contribution in [2.24, 2.45) is 5.92 Å². The van der Waals surface area contributed by atoms with Crippen molar-refractivity contribution >= 4 is 21.7 Å². The number of nitriles is 1. The van der Waals surface area contributed by atoms with Gasteiger partial charge in [-0.1, -0.05) is 48.0 Å². The highest BCUT2D eigenvalue weighted by Crippen LogP contribution is 2.26. The molecule has 1 unspecified atom stereocenters. The predicted octanol–water partition coefficient (Wildman–Crippen LogP) is 3.67. The highest BCUT2D eigenvalue weighted by Gasteiger charge is 2.22. The van der Waals surface area contributed by atoms with Crippen LogP contribution in [0.2, 0.25) is 0 Å². The molecule has 0 aliphatic heterocycles. The van der Waals surface area contributed by atoms with Gasteiger partial charge in [0.1, 0.15) is 5.92 Å². The van der Waals surface area contributed by atoms with Gasteiger partial charge < -0.3 is 0 Å². The van der Waals surface area contributed by atoms with Crippen molar-refractivity contribution in [3.8, 4) is 6.07 Å². The Bertz CT molecular complexity index is 420. The van der Waals surface area contributed by atoms with Gasteiger partial charge in [0.05, 0.1) is 6.07 Å². The van der Waals surface area contributed by atoms with Crippen LogP contribution in [-0.2, 0) is 4.79 Å². The summed E-state index contributed by atoms with van der Waals surface area (Å²) in [6.07, 6.45) is 0.444. The van der Waals surface area contributed by atoms with Crippen LogP contribution in [-0.4, -0.2) is 5.78 Å². The number of carbonyl (C=O) groups is 1. The molecule has 1 atom stereocenters. The molecular weight excluding hydrogens is 266 g/mol. The topological polar surface area (TPSA) is 40.9 Å². The minimum absolute atomic E-state index is 0.00981. The van der Waals surface area contributed by atoms with Crippen LogP contribution in [0.3, 0.4) is 0 Å². The van der Waals surface area contributed by atoms with Crippen LogP contribution in [0.1, 0.15) is 31.7 Å². The summed E-state index contributed by atoms with van der Waals surface area (Å²) in [5.74, 6) is -0.381. The number of hydrogen-bond acceptors (Lipinski definition) is 2. The maximum atomic E-state index is 11.9. The lowest BCUT2D eigenvalue weighted by molar-refractivity contribution is -0.120. The summed E-state index contributed by atoms with van der Waals surface area (Å²) in [5, 5.41) is 9.10. The molecule has 1 aromatic carbocycles. The summed E-state index contributed by atoms with van der Waals surface area (Å²) >= 11 is 3.37. The normalized spacial score (nSPS) is 12.2. The van der Waals surface area contributed by atoms with E-state index in [-0.39, 0.29) is 11.7 Å². The molecule has 0 aromatic heterocycles. The third kappa shape index (κ3) is 3.18. The fourth-order valence-corrected chi connectivity index (χ4v) is 2.06. The molecule has 0 aliphatic carbocycles. The lowest BCUT2D eigenvalue weighted by Gasteiger charge is -2.11. The summed E-state index contributed by atoms with van der Waals surface area (Å²) < 4.78 is 0.818. The van der Waals surface area contributed by atoms with E-state index < -0.39 is 5.92 Å². The van der Waals surface area contributed by atoms with Crippen molar-refractivity contribution in [1.82, 2.24) is 0 Å². The van der Waals surface area contributed by atoms with Crippen LogP contribution in [0, 0.1) is 17.2 Å². The number of hydrogen-bond donors (Lipinski definition) is 0. The van der Waals surface area contributed by atoms with Gasteiger partial charge in [0.25, 0.3) is 0 Å². The largest absolute Gasteiger partial charge is 0.298 e. The second kappa shape index (κ2) is 5.81. The van der Waals surface area contributed by atoms with E-state index in [0.717, 1.165) is 10.0 Å². The molecule has 16 heavy (non-hydrogen) atoms. The molecule has 0 saturated heterocycles. The monoisotopic (exact) mass is 279 g/mol. The van der Waals surface area contributed by atoms with Crippen molar-refractivity contribution in [2.45, 2.75) is 26.2 Å². The first-order valence-electron chi connectivity index (χ1n) is 5.23.